The molecule has 104 valence electrons. The van der Waals surface area contributed by atoms with E-state index in [0.29, 0.717) is 5.56 Å². The highest BCUT2D eigenvalue weighted by atomic mass is 19.1. The fraction of sp³-hybridized carbons (Fsp3) is 0.143. The molecule has 0 aliphatic heterocycles. The number of nitro groups is 1. The molecule has 1 unspecified atom stereocenters. The second kappa shape index (κ2) is 5.56. The van der Waals surface area contributed by atoms with Crippen LogP contribution in [-0.4, -0.2) is 10.0 Å². The molecular formula is C14H13FN2O3. The third kappa shape index (κ3) is 2.85. The molecule has 2 aromatic carbocycles. The van der Waals surface area contributed by atoms with E-state index in [0.717, 1.165) is 12.1 Å². The van der Waals surface area contributed by atoms with E-state index in [2.05, 4.69) is 5.32 Å². The second-order valence-corrected chi connectivity index (χ2v) is 4.34. The molecule has 1 atom stereocenters. The van der Waals surface area contributed by atoms with Gasteiger partial charge in [0.1, 0.15) is 17.3 Å². The minimum atomic E-state index is -0.669. The molecule has 0 aliphatic rings. The van der Waals surface area contributed by atoms with Gasteiger partial charge in [0.25, 0.3) is 5.69 Å². The van der Waals surface area contributed by atoms with Crippen molar-refractivity contribution in [3.8, 4) is 5.75 Å². The summed E-state index contributed by atoms with van der Waals surface area (Å²) in [6.45, 7) is 1.75. The molecule has 0 aromatic heterocycles. The van der Waals surface area contributed by atoms with Crippen LogP contribution in [0.4, 0.5) is 15.8 Å². The number of nitrogens with zero attached hydrogens (tertiary/aromatic N) is 1. The summed E-state index contributed by atoms with van der Waals surface area (Å²) in [5.41, 5.74) is 0.463. The molecule has 0 radical (unpaired) electrons. The third-order valence-corrected chi connectivity index (χ3v) is 2.93. The van der Waals surface area contributed by atoms with Crippen molar-refractivity contribution in [1.82, 2.24) is 0 Å². The normalized spacial score (nSPS) is 11.9. The van der Waals surface area contributed by atoms with Gasteiger partial charge in [-0.15, -0.1) is 0 Å². The Morgan fingerprint density at radius 2 is 2.00 bits per heavy atom. The summed E-state index contributed by atoms with van der Waals surface area (Å²) >= 11 is 0. The van der Waals surface area contributed by atoms with Gasteiger partial charge in [0, 0.05) is 5.56 Å². The van der Waals surface area contributed by atoms with Gasteiger partial charge >= 0.3 is 0 Å². The summed E-state index contributed by atoms with van der Waals surface area (Å²) in [7, 11) is 0. The highest BCUT2D eigenvalue weighted by molar-refractivity contribution is 5.62. The molecule has 2 rings (SSSR count). The Bertz CT molecular complexity index is 646. The van der Waals surface area contributed by atoms with E-state index in [-0.39, 0.29) is 23.2 Å². The van der Waals surface area contributed by atoms with Crippen molar-refractivity contribution in [2.24, 2.45) is 0 Å². The first-order valence-electron chi connectivity index (χ1n) is 5.97. The van der Waals surface area contributed by atoms with E-state index < -0.39 is 10.7 Å². The number of rotatable bonds is 4. The van der Waals surface area contributed by atoms with Crippen LogP contribution in [-0.2, 0) is 0 Å². The van der Waals surface area contributed by atoms with Gasteiger partial charge in [-0.25, -0.2) is 4.39 Å². The van der Waals surface area contributed by atoms with Crippen LogP contribution in [0.3, 0.4) is 0 Å². The van der Waals surface area contributed by atoms with Crippen molar-refractivity contribution in [2.75, 3.05) is 5.32 Å². The maximum Gasteiger partial charge on any atom is 0.295 e. The Hall–Kier alpha value is -2.63. The zero-order valence-electron chi connectivity index (χ0n) is 10.7. The van der Waals surface area contributed by atoms with Gasteiger partial charge < -0.3 is 10.4 Å². The average Bonchev–Trinajstić information content (AvgIpc) is 2.41. The van der Waals surface area contributed by atoms with Crippen molar-refractivity contribution < 1.29 is 14.4 Å². The zero-order valence-corrected chi connectivity index (χ0v) is 10.7. The summed E-state index contributed by atoms with van der Waals surface area (Å²) in [6, 6.07) is 9.64. The molecule has 6 heteroatoms. The lowest BCUT2D eigenvalue weighted by Gasteiger charge is -2.16. The molecule has 2 N–H and O–H groups in total. The fourth-order valence-electron chi connectivity index (χ4n) is 1.94. The molecule has 0 bridgehead atoms. The van der Waals surface area contributed by atoms with E-state index in [1.165, 1.54) is 12.1 Å². The number of nitrogens with one attached hydrogen (secondary N) is 1. The lowest BCUT2D eigenvalue weighted by molar-refractivity contribution is -0.384. The monoisotopic (exact) mass is 276 g/mol. The summed E-state index contributed by atoms with van der Waals surface area (Å²) in [5.74, 6) is -0.574. The van der Waals surface area contributed by atoms with Crippen molar-refractivity contribution >= 4 is 11.4 Å². The van der Waals surface area contributed by atoms with Crippen LogP contribution < -0.4 is 5.32 Å². The van der Waals surface area contributed by atoms with Gasteiger partial charge in [0.15, 0.2) is 0 Å². The van der Waals surface area contributed by atoms with Crippen LogP contribution in [0.1, 0.15) is 18.5 Å². The molecule has 20 heavy (non-hydrogen) atoms. The number of para-hydroxylation sites is 1. The van der Waals surface area contributed by atoms with Crippen molar-refractivity contribution in [3.63, 3.8) is 0 Å². The number of phenols is 1. The van der Waals surface area contributed by atoms with Gasteiger partial charge in [-0.2, -0.15) is 0 Å². The zero-order chi connectivity index (χ0) is 14.7. The van der Waals surface area contributed by atoms with Crippen LogP contribution in [0.5, 0.6) is 5.75 Å². The predicted octanol–water partition coefficient (Wildman–Crippen LogP) is 3.61. The van der Waals surface area contributed by atoms with E-state index in [9.17, 15) is 19.6 Å². The lowest BCUT2D eigenvalue weighted by Crippen LogP contribution is -2.08. The second-order valence-electron chi connectivity index (χ2n) is 4.34. The molecule has 2 aromatic rings. The Morgan fingerprint density at radius 3 is 2.65 bits per heavy atom. The van der Waals surface area contributed by atoms with Crippen LogP contribution in [0.2, 0.25) is 0 Å². The van der Waals surface area contributed by atoms with Gasteiger partial charge in [-0.1, -0.05) is 18.2 Å². The number of halogens is 1. The van der Waals surface area contributed by atoms with E-state index >= 15 is 0 Å². The molecule has 0 fully saturated rings. The Balaban J connectivity index is 2.31. The quantitative estimate of drug-likeness (QED) is 0.660. The molecule has 5 nitrogen and oxygen atoms in total. The molecule has 0 aliphatic carbocycles. The number of hydrogen-bond donors (Lipinski definition) is 2. The van der Waals surface area contributed by atoms with Gasteiger partial charge in [0.05, 0.1) is 17.0 Å². The van der Waals surface area contributed by atoms with Crippen LogP contribution in [0.25, 0.3) is 0 Å². The standard InChI is InChI=1S/C14H13FN2O3/c1-9(11-4-2-3-5-14(11)18)16-12-7-6-10(15)8-13(12)17(19)20/h2-9,16,18H,1H3. The topological polar surface area (TPSA) is 75.4 Å². The minimum absolute atomic E-state index is 0.0947. The maximum atomic E-state index is 13.1. The predicted molar refractivity (Wildman–Crippen MR) is 73.2 cm³/mol. The van der Waals surface area contributed by atoms with Gasteiger partial charge in [-0.05, 0) is 25.1 Å². The summed E-state index contributed by atoms with van der Waals surface area (Å²) in [6.07, 6.45) is 0. The Morgan fingerprint density at radius 1 is 1.30 bits per heavy atom. The summed E-state index contributed by atoms with van der Waals surface area (Å²) < 4.78 is 13.1. The summed E-state index contributed by atoms with van der Waals surface area (Å²) in [4.78, 5) is 10.3. The third-order valence-electron chi connectivity index (χ3n) is 2.93. The average molecular weight is 276 g/mol. The Kier molecular flexibility index (Phi) is 3.84. The van der Waals surface area contributed by atoms with Crippen LogP contribution >= 0.6 is 0 Å². The molecule has 0 spiro atoms. The minimum Gasteiger partial charge on any atom is -0.508 e. The number of anilines is 1. The molecule has 0 saturated carbocycles. The number of nitro benzene ring substituents is 1. The number of hydrogen-bond acceptors (Lipinski definition) is 4. The number of phenolic OH excluding ortho intramolecular Hbond substituents is 1. The lowest BCUT2D eigenvalue weighted by atomic mass is 10.1. The van der Waals surface area contributed by atoms with Crippen LogP contribution in [0.15, 0.2) is 42.5 Å². The Labute approximate surface area is 114 Å². The number of aromatic hydroxyl groups is 1. The molecule has 0 saturated heterocycles. The SMILES string of the molecule is CC(Nc1ccc(F)cc1[N+](=O)[O-])c1ccccc1O. The highest BCUT2D eigenvalue weighted by Gasteiger charge is 2.18. The fourth-order valence-corrected chi connectivity index (χ4v) is 1.94. The smallest absolute Gasteiger partial charge is 0.295 e. The maximum absolute atomic E-state index is 13.1. The highest BCUT2D eigenvalue weighted by Crippen LogP contribution is 2.31. The van der Waals surface area contributed by atoms with Crippen molar-refractivity contribution in [1.29, 1.82) is 0 Å². The first kappa shape index (κ1) is 13.8. The largest absolute Gasteiger partial charge is 0.508 e. The summed E-state index contributed by atoms with van der Waals surface area (Å²) in [5, 5.41) is 23.6. The van der Waals surface area contributed by atoms with Gasteiger partial charge in [-0.3, -0.25) is 10.1 Å². The first-order valence-corrected chi connectivity index (χ1v) is 5.97. The van der Waals surface area contributed by atoms with E-state index in [1.54, 1.807) is 25.1 Å². The van der Waals surface area contributed by atoms with Gasteiger partial charge in [0.2, 0.25) is 0 Å². The van der Waals surface area contributed by atoms with E-state index in [1.807, 2.05) is 0 Å². The molecule has 0 heterocycles. The van der Waals surface area contributed by atoms with Crippen molar-refractivity contribution in [2.45, 2.75) is 13.0 Å². The van der Waals surface area contributed by atoms with E-state index in [4.69, 9.17) is 0 Å². The number of benzene rings is 2. The van der Waals surface area contributed by atoms with Crippen molar-refractivity contribution in [3.05, 3.63) is 64.0 Å². The first-order chi connectivity index (χ1) is 9.49. The molecule has 0 amide bonds. The molecular weight excluding hydrogens is 263 g/mol. The van der Waals surface area contributed by atoms with Crippen LogP contribution in [0, 0.1) is 15.9 Å².